The molecule has 1 aromatic rings. The lowest BCUT2D eigenvalue weighted by Crippen LogP contribution is -2.24. The zero-order valence-corrected chi connectivity index (χ0v) is 12.1. The smallest absolute Gasteiger partial charge is 0.128 e. The van der Waals surface area contributed by atoms with E-state index in [1.165, 1.54) is 5.56 Å². The number of aromatic nitrogens is 1. The minimum atomic E-state index is 0.190. The summed E-state index contributed by atoms with van der Waals surface area (Å²) in [5.41, 5.74) is 6.98. The molecule has 1 unspecified atom stereocenters. The molecule has 0 amide bonds. The fourth-order valence-corrected chi connectivity index (χ4v) is 1.87. The Morgan fingerprint density at radius 2 is 1.94 bits per heavy atom. The van der Waals surface area contributed by atoms with Crippen molar-refractivity contribution in [2.45, 2.75) is 25.8 Å². The third-order valence-corrected chi connectivity index (χ3v) is 2.86. The summed E-state index contributed by atoms with van der Waals surface area (Å²) in [5.74, 6) is 1.03. The molecule has 0 spiro atoms. The number of hydrogen-bond acceptors (Lipinski definition) is 4. The van der Waals surface area contributed by atoms with Crippen LogP contribution < -0.4 is 10.6 Å². The zero-order valence-electron chi connectivity index (χ0n) is 12.1. The fraction of sp³-hybridized carbons (Fsp3) is 0.643. The Morgan fingerprint density at radius 1 is 1.22 bits per heavy atom. The van der Waals surface area contributed by atoms with Gasteiger partial charge in [0, 0.05) is 25.8 Å². The molecule has 1 heterocycles. The maximum atomic E-state index is 5.77. The number of rotatable bonds is 7. The molecular formula is C14H26N4. The van der Waals surface area contributed by atoms with Crippen LogP contribution in [0.5, 0.6) is 0 Å². The van der Waals surface area contributed by atoms with Gasteiger partial charge in [-0.05, 0) is 52.0 Å². The van der Waals surface area contributed by atoms with Crippen molar-refractivity contribution < 1.29 is 0 Å². The molecule has 18 heavy (non-hydrogen) atoms. The Kier molecular flexibility index (Phi) is 6.09. The lowest BCUT2D eigenvalue weighted by atomic mass is 10.1. The van der Waals surface area contributed by atoms with Crippen LogP contribution in [0.3, 0.4) is 0 Å². The molecule has 0 saturated carbocycles. The topological polar surface area (TPSA) is 45.4 Å². The highest BCUT2D eigenvalue weighted by atomic mass is 15.2. The van der Waals surface area contributed by atoms with E-state index < -0.39 is 0 Å². The van der Waals surface area contributed by atoms with E-state index in [0.717, 1.165) is 31.7 Å². The molecule has 1 rings (SSSR count). The van der Waals surface area contributed by atoms with Crippen molar-refractivity contribution in [2.75, 3.05) is 39.1 Å². The predicted molar refractivity (Wildman–Crippen MR) is 78.0 cm³/mol. The first-order valence-electron chi connectivity index (χ1n) is 6.55. The van der Waals surface area contributed by atoms with Gasteiger partial charge in [-0.15, -0.1) is 0 Å². The molecular weight excluding hydrogens is 224 g/mol. The number of nitrogens with two attached hydrogens (primary N) is 1. The first-order valence-corrected chi connectivity index (χ1v) is 6.55. The normalized spacial score (nSPS) is 12.8. The van der Waals surface area contributed by atoms with Gasteiger partial charge in [-0.25, -0.2) is 4.98 Å². The number of pyridine rings is 1. The molecule has 0 aromatic carbocycles. The Morgan fingerprint density at radius 3 is 2.44 bits per heavy atom. The second-order valence-electron chi connectivity index (χ2n) is 5.28. The van der Waals surface area contributed by atoms with E-state index in [1.807, 2.05) is 13.1 Å². The fourth-order valence-electron chi connectivity index (χ4n) is 1.87. The van der Waals surface area contributed by atoms with Gasteiger partial charge < -0.3 is 15.5 Å². The summed E-state index contributed by atoms with van der Waals surface area (Å²) in [4.78, 5) is 8.88. The van der Waals surface area contributed by atoms with Gasteiger partial charge in [0.15, 0.2) is 0 Å². The Labute approximate surface area is 111 Å². The van der Waals surface area contributed by atoms with Gasteiger partial charge >= 0.3 is 0 Å². The SMILES string of the molecule is CC(N)Cc1ccc(N(C)CCCN(C)C)nc1. The molecule has 0 aliphatic carbocycles. The molecule has 1 aromatic heterocycles. The first-order chi connectivity index (χ1) is 8.49. The van der Waals surface area contributed by atoms with Crippen molar-refractivity contribution in [3.05, 3.63) is 23.9 Å². The molecule has 1 atom stereocenters. The van der Waals surface area contributed by atoms with Gasteiger partial charge in [-0.1, -0.05) is 6.07 Å². The molecule has 2 N–H and O–H groups in total. The second-order valence-corrected chi connectivity index (χ2v) is 5.28. The van der Waals surface area contributed by atoms with Crippen LogP contribution in [0.4, 0.5) is 5.82 Å². The van der Waals surface area contributed by atoms with E-state index in [9.17, 15) is 0 Å². The van der Waals surface area contributed by atoms with Crippen LogP contribution in [0, 0.1) is 0 Å². The first kappa shape index (κ1) is 14.9. The van der Waals surface area contributed by atoms with Crippen LogP contribution in [-0.4, -0.2) is 50.2 Å². The van der Waals surface area contributed by atoms with E-state index in [0.29, 0.717) is 0 Å². The van der Waals surface area contributed by atoms with Gasteiger partial charge in [0.05, 0.1) is 0 Å². The molecule has 0 bridgehead atoms. The van der Waals surface area contributed by atoms with E-state index >= 15 is 0 Å². The molecule has 0 aliphatic heterocycles. The van der Waals surface area contributed by atoms with Gasteiger partial charge in [0.2, 0.25) is 0 Å². The van der Waals surface area contributed by atoms with Gasteiger partial charge in [0.1, 0.15) is 5.82 Å². The summed E-state index contributed by atoms with van der Waals surface area (Å²) in [6.45, 7) is 4.15. The van der Waals surface area contributed by atoms with Crippen LogP contribution in [0.15, 0.2) is 18.3 Å². The summed E-state index contributed by atoms with van der Waals surface area (Å²) in [6, 6.07) is 4.39. The molecule has 0 fully saturated rings. The van der Waals surface area contributed by atoms with E-state index in [4.69, 9.17) is 5.73 Å². The maximum absolute atomic E-state index is 5.77. The molecule has 0 radical (unpaired) electrons. The number of hydrogen-bond donors (Lipinski definition) is 1. The van der Waals surface area contributed by atoms with Crippen molar-refractivity contribution in [3.63, 3.8) is 0 Å². The third-order valence-electron chi connectivity index (χ3n) is 2.86. The largest absolute Gasteiger partial charge is 0.360 e. The maximum Gasteiger partial charge on any atom is 0.128 e. The average Bonchev–Trinajstić information content (AvgIpc) is 2.28. The van der Waals surface area contributed by atoms with Crippen molar-refractivity contribution in [2.24, 2.45) is 5.73 Å². The van der Waals surface area contributed by atoms with Crippen molar-refractivity contribution >= 4 is 5.82 Å². The van der Waals surface area contributed by atoms with Crippen LogP contribution in [0.1, 0.15) is 18.9 Å². The molecule has 4 nitrogen and oxygen atoms in total. The second kappa shape index (κ2) is 7.34. The van der Waals surface area contributed by atoms with Gasteiger partial charge in [-0.3, -0.25) is 0 Å². The Bertz CT molecular complexity index is 332. The quantitative estimate of drug-likeness (QED) is 0.793. The highest BCUT2D eigenvalue weighted by Gasteiger charge is 2.03. The summed E-state index contributed by atoms with van der Waals surface area (Å²) in [7, 11) is 6.28. The molecule has 0 saturated heterocycles. The zero-order chi connectivity index (χ0) is 13.5. The van der Waals surface area contributed by atoms with Crippen molar-refractivity contribution in [3.8, 4) is 0 Å². The number of anilines is 1. The van der Waals surface area contributed by atoms with Crippen LogP contribution in [0.2, 0.25) is 0 Å². The number of nitrogens with zero attached hydrogens (tertiary/aromatic N) is 3. The highest BCUT2D eigenvalue weighted by Crippen LogP contribution is 2.11. The Balaban J connectivity index is 2.46. The minimum Gasteiger partial charge on any atom is -0.360 e. The molecule has 4 heteroatoms. The van der Waals surface area contributed by atoms with Gasteiger partial charge in [-0.2, -0.15) is 0 Å². The lowest BCUT2D eigenvalue weighted by Gasteiger charge is -2.19. The summed E-state index contributed by atoms with van der Waals surface area (Å²) in [5, 5.41) is 0. The van der Waals surface area contributed by atoms with Crippen LogP contribution in [-0.2, 0) is 6.42 Å². The average molecular weight is 250 g/mol. The lowest BCUT2D eigenvalue weighted by molar-refractivity contribution is 0.401. The summed E-state index contributed by atoms with van der Waals surface area (Å²) >= 11 is 0. The summed E-state index contributed by atoms with van der Waals surface area (Å²) in [6.07, 6.45) is 3.96. The minimum absolute atomic E-state index is 0.190. The van der Waals surface area contributed by atoms with Crippen LogP contribution >= 0.6 is 0 Å². The standard InChI is InChI=1S/C14H26N4/c1-12(15)10-13-6-7-14(16-11-13)18(4)9-5-8-17(2)3/h6-7,11-12H,5,8-10,15H2,1-4H3. The van der Waals surface area contributed by atoms with E-state index in [1.54, 1.807) is 0 Å². The summed E-state index contributed by atoms with van der Waals surface area (Å²) < 4.78 is 0. The molecule has 0 aliphatic rings. The van der Waals surface area contributed by atoms with E-state index in [2.05, 4.69) is 48.1 Å². The highest BCUT2D eigenvalue weighted by molar-refractivity contribution is 5.38. The van der Waals surface area contributed by atoms with Crippen molar-refractivity contribution in [1.82, 2.24) is 9.88 Å². The predicted octanol–water partition coefficient (Wildman–Crippen LogP) is 1.36. The molecule has 102 valence electrons. The van der Waals surface area contributed by atoms with Crippen molar-refractivity contribution in [1.29, 1.82) is 0 Å². The monoisotopic (exact) mass is 250 g/mol. The van der Waals surface area contributed by atoms with Gasteiger partial charge in [0.25, 0.3) is 0 Å². The van der Waals surface area contributed by atoms with Crippen LogP contribution in [0.25, 0.3) is 0 Å². The Hall–Kier alpha value is -1.13. The third kappa shape index (κ3) is 5.47. The van der Waals surface area contributed by atoms with E-state index in [-0.39, 0.29) is 6.04 Å².